The molecule has 0 saturated carbocycles. The lowest BCUT2D eigenvalue weighted by atomic mass is 10.2. The van der Waals surface area contributed by atoms with Gasteiger partial charge in [0.2, 0.25) is 0 Å². The quantitative estimate of drug-likeness (QED) is 0.679. The molecule has 4 heteroatoms. The Labute approximate surface area is 131 Å². The predicted molar refractivity (Wildman–Crippen MR) is 87.7 cm³/mol. The minimum atomic E-state index is 0.623. The largest absolute Gasteiger partial charge is 0.381 e. The molecule has 1 nitrogen and oxygen atoms in total. The highest BCUT2D eigenvalue weighted by atomic mass is 127. The van der Waals surface area contributed by atoms with E-state index < -0.39 is 0 Å². The maximum Gasteiger partial charge on any atom is 0.0470 e. The molecule has 0 bridgehead atoms. The molecule has 0 aromatic heterocycles. The maximum atomic E-state index is 6.13. The van der Waals surface area contributed by atoms with E-state index in [1.54, 1.807) is 0 Å². The number of benzene rings is 2. The van der Waals surface area contributed by atoms with Crippen molar-refractivity contribution in [2.24, 2.45) is 0 Å². The molecule has 0 aliphatic carbocycles. The lowest BCUT2D eigenvalue weighted by Gasteiger charge is -2.10. The van der Waals surface area contributed by atoms with Gasteiger partial charge in [-0.15, -0.1) is 0 Å². The van der Waals surface area contributed by atoms with E-state index in [2.05, 4.69) is 53.0 Å². The first-order valence-electron chi connectivity index (χ1n) is 5.51. The molecule has 2 aromatic carbocycles. The van der Waals surface area contributed by atoms with Crippen molar-refractivity contribution in [3.05, 3.63) is 61.1 Å². The maximum absolute atomic E-state index is 6.13. The number of rotatable bonds is 3. The Morgan fingerprint density at radius 3 is 2.39 bits per heavy atom. The van der Waals surface area contributed by atoms with Crippen molar-refractivity contribution in [3.8, 4) is 0 Å². The average Bonchev–Trinajstić information content (AvgIpc) is 2.33. The van der Waals surface area contributed by atoms with E-state index in [0.29, 0.717) is 16.6 Å². The van der Waals surface area contributed by atoms with Gasteiger partial charge in [0.05, 0.1) is 0 Å². The van der Waals surface area contributed by atoms with Gasteiger partial charge in [-0.05, 0) is 59.3 Å². The van der Waals surface area contributed by atoms with Crippen molar-refractivity contribution in [2.45, 2.75) is 13.5 Å². The SMILES string of the molecule is Cc1ccc(NCc2c(Cl)cccc2Cl)cc1I. The Morgan fingerprint density at radius 2 is 1.78 bits per heavy atom. The van der Waals surface area contributed by atoms with Crippen LogP contribution in [0.3, 0.4) is 0 Å². The zero-order valence-corrected chi connectivity index (χ0v) is 13.5. The van der Waals surface area contributed by atoms with E-state index in [4.69, 9.17) is 23.2 Å². The molecule has 0 heterocycles. The Bertz CT molecular complexity index is 549. The molecule has 94 valence electrons. The first kappa shape index (κ1) is 14.0. The number of halogens is 3. The van der Waals surface area contributed by atoms with Crippen LogP contribution >= 0.6 is 45.8 Å². The number of anilines is 1. The second kappa shape index (κ2) is 6.13. The van der Waals surface area contributed by atoms with Gasteiger partial charge in [0, 0.05) is 31.4 Å². The van der Waals surface area contributed by atoms with Crippen LogP contribution in [0.4, 0.5) is 5.69 Å². The Morgan fingerprint density at radius 1 is 1.11 bits per heavy atom. The van der Waals surface area contributed by atoms with Crippen LogP contribution in [-0.4, -0.2) is 0 Å². The van der Waals surface area contributed by atoms with Gasteiger partial charge in [0.25, 0.3) is 0 Å². The van der Waals surface area contributed by atoms with Crippen molar-refractivity contribution in [1.82, 2.24) is 0 Å². The third-order valence-electron chi connectivity index (χ3n) is 2.70. The summed E-state index contributed by atoms with van der Waals surface area (Å²) in [5.41, 5.74) is 3.27. The zero-order chi connectivity index (χ0) is 13.1. The molecule has 0 atom stereocenters. The van der Waals surface area contributed by atoms with Gasteiger partial charge in [-0.25, -0.2) is 0 Å². The summed E-state index contributed by atoms with van der Waals surface area (Å²) in [6.07, 6.45) is 0. The van der Waals surface area contributed by atoms with E-state index >= 15 is 0 Å². The molecule has 0 spiro atoms. The lowest BCUT2D eigenvalue weighted by molar-refractivity contribution is 1.15. The van der Waals surface area contributed by atoms with Crippen LogP contribution in [0, 0.1) is 10.5 Å². The molecule has 0 aliphatic heterocycles. The second-order valence-electron chi connectivity index (χ2n) is 4.02. The van der Waals surface area contributed by atoms with E-state index in [1.807, 2.05) is 18.2 Å². The molecule has 0 unspecified atom stereocenters. The predicted octanol–water partition coefficient (Wildman–Crippen LogP) is 5.52. The Balaban J connectivity index is 2.14. The molecule has 1 N–H and O–H groups in total. The zero-order valence-electron chi connectivity index (χ0n) is 9.81. The Hall–Kier alpha value is -0.450. The molecule has 18 heavy (non-hydrogen) atoms. The van der Waals surface area contributed by atoms with E-state index in [9.17, 15) is 0 Å². The molecule has 0 fully saturated rings. The van der Waals surface area contributed by atoms with Crippen molar-refractivity contribution >= 4 is 51.5 Å². The minimum Gasteiger partial charge on any atom is -0.381 e. The summed E-state index contributed by atoms with van der Waals surface area (Å²) in [4.78, 5) is 0. The fraction of sp³-hybridized carbons (Fsp3) is 0.143. The van der Waals surface area contributed by atoms with E-state index in [1.165, 1.54) is 9.13 Å². The first-order valence-corrected chi connectivity index (χ1v) is 7.34. The fourth-order valence-electron chi connectivity index (χ4n) is 1.59. The van der Waals surface area contributed by atoms with Gasteiger partial charge < -0.3 is 5.32 Å². The van der Waals surface area contributed by atoms with Crippen LogP contribution < -0.4 is 5.32 Å². The highest BCUT2D eigenvalue weighted by Crippen LogP contribution is 2.25. The molecule has 2 aromatic rings. The highest BCUT2D eigenvalue weighted by Gasteiger charge is 2.05. The van der Waals surface area contributed by atoms with Crippen LogP contribution in [-0.2, 0) is 6.54 Å². The smallest absolute Gasteiger partial charge is 0.0470 e. The van der Waals surface area contributed by atoms with Gasteiger partial charge in [-0.2, -0.15) is 0 Å². The van der Waals surface area contributed by atoms with Crippen molar-refractivity contribution in [2.75, 3.05) is 5.32 Å². The van der Waals surface area contributed by atoms with Gasteiger partial charge in [-0.3, -0.25) is 0 Å². The van der Waals surface area contributed by atoms with Crippen LogP contribution in [0.25, 0.3) is 0 Å². The standard InChI is InChI=1S/C14H12Cl2IN/c1-9-5-6-10(7-14(9)17)18-8-11-12(15)3-2-4-13(11)16/h2-7,18H,8H2,1H3. The fourth-order valence-corrected chi connectivity index (χ4v) is 2.64. The topological polar surface area (TPSA) is 12.0 Å². The number of hydrogen-bond acceptors (Lipinski definition) is 1. The number of nitrogens with one attached hydrogen (secondary N) is 1. The second-order valence-corrected chi connectivity index (χ2v) is 5.99. The normalized spacial score (nSPS) is 10.4. The van der Waals surface area contributed by atoms with Crippen molar-refractivity contribution in [1.29, 1.82) is 0 Å². The summed E-state index contributed by atoms with van der Waals surface area (Å²) in [5.74, 6) is 0. The minimum absolute atomic E-state index is 0.623. The summed E-state index contributed by atoms with van der Waals surface area (Å²) >= 11 is 14.6. The first-order chi connectivity index (χ1) is 8.58. The number of hydrogen-bond donors (Lipinski definition) is 1. The molecular formula is C14H12Cl2IN. The molecule has 0 aliphatic rings. The van der Waals surface area contributed by atoms with Crippen LogP contribution in [0.1, 0.15) is 11.1 Å². The molecule has 0 amide bonds. The van der Waals surface area contributed by atoms with Gasteiger partial charge in [0.15, 0.2) is 0 Å². The Kier molecular flexibility index (Phi) is 4.76. The van der Waals surface area contributed by atoms with Crippen molar-refractivity contribution in [3.63, 3.8) is 0 Å². The van der Waals surface area contributed by atoms with Crippen LogP contribution in [0.5, 0.6) is 0 Å². The lowest BCUT2D eigenvalue weighted by Crippen LogP contribution is -2.01. The van der Waals surface area contributed by atoms with Gasteiger partial charge >= 0.3 is 0 Å². The van der Waals surface area contributed by atoms with E-state index in [0.717, 1.165) is 11.3 Å². The van der Waals surface area contributed by atoms with E-state index in [-0.39, 0.29) is 0 Å². The molecule has 0 radical (unpaired) electrons. The summed E-state index contributed by atoms with van der Waals surface area (Å²) in [6, 6.07) is 11.8. The third-order valence-corrected chi connectivity index (χ3v) is 4.57. The van der Waals surface area contributed by atoms with Gasteiger partial charge in [0.1, 0.15) is 0 Å². The molecule has 0 saturated heterocycles. The summed E-state index contributed by atoms with van der Waals surface area (Å²) in [7, 11) is 0. The third kappa shape index (κ3) is 3.31. The molecular weight excluding hydrogens is 380 g/mol. The van der Waals surface area contributed by atoms with Crippen LogP contribution in [0.2, 0.25) is 10.0 Å². The summed E-state index contributed by atoms with van der Waals surface area (Å²) < 4.78 is 1.24. The highest BCUT2D eigenvalue weighted by molar-refractivity contribution is 14.1. The van der Waals surface area contributed by atoms with Gasteiger partial charge in [-0.1, -0.05) is 35.3 Å². The average molecular weight is 392 g/mol. The number of aryl methyl sites for hydroxylation is 1. The monoisotopic (exact) mass is 391 g/mol. The molecule has 2 rings (SSSR count). The van der Waals surface area contributed by atoms with Crippen LogP contribution in [0.15, 0.2) is 36.4 Å². The summed E-state index contributed by atoms with van der Waals surface area (Å²) in [5, 5.41) is 4.72. The van der Waals surface area contributed by atoms with Crippen molar-refractivity contribution < 1.29 is 0 Å². The summed E-state index contributed by atoms with van der Waals surface area (Å²) in [6.45, 7) is 2.72.